The van der Waals surface area contributed by atoms with Crippen LogP contribution < -0.4 is 5.73 Å². The van der Waals surface area contributed by atoms with Gasteiger partial charge < -0.3 is 5.73 Å². The third kappa shape index (κ3) is 2.42. The molecule has 0 aliphatic carbocycles. The molecule has 0 saturated heterocycles. The summed E-state index contributed by atoms with van der Waals surface area (Å²) in [4.78, 5) is 0. The first-order chi connectivity index (χ1) is 6.69. The van der Waals surface area contributed by atoms with Crippen LogP contribution in [-0.2, 0) is 6.42 Å². The predicted molar refractivity (Wildman–Crippen MR) is 57.5 cm³/mol. The molecule has 1 aromatic carbocycles. The van der Waals surface area contributed by atoms with Gasteiger partial charge in [0, 0.05) is 6.04 Å². The van der Waals surface area contributed by atoms with Crippen molar-refractivity contribution < 1.29 is 4.39 Å². The molecule has 0 fully saturated rings. The Balaban J connectivity index is 3.02. The molecule has 0 amide bonds. The number of aryl methyl sites for hydroxylation is 1. The molecule has 14 heavy (non-hydrogen) atoms. The highest BCUT2D eigenvalue weighted by molar-refractivity contribution is 5.30. The molecule has 1 atom stereocenters. The van der Waals surface area contributed by atoms with Gasteiger partial charge in [0.15, 0.2) is 0 Å². The van der Waals surface area contributed by atoms with Gasteiger partial charge in [0.25, 0.3) is 0 Å². The second kappa shape index (κ2) is 4.91. The molecule has 76 valence electrons. The quantitative estimate of drug-likeness (QED) is 0.731. The average molecular weight is 193 g/mol. The molecule has 0 aromatic heterocycles. The third-order valence-electron chi connectivity index (χ3n) is 2.31. The summed E-state index contributed by atoms with van der Waals surface area (Å²) >= 11 is 0. The van der Waals surface area contributed by atoms with Crippen LogP contribution in [0.15, 0.2) is 30.9 Å². The van der Waals surface area contributed by atoms with Crippen molar-refractivity contribution in [2.45, 2.75) is 25.8 Å². The van der Waals surface area contributed by atoms with Crippen LogP contribution in [0.1, 0.15) is 30.5 Å². The normalized spacial score (nSPS) is 12.5. The van der Waals surface area contributed by atoms with Crippen molar-refractivity contribution >= 4 is 0 Å². The molecule has 0 bridgehead atoms. The first-order valence-corrected chi connectivity index (χ1v) is 4.83. The number of halogens is 1. The van der Waals surface area contributed by atoms with Crippen LogP contribution in [0, 0.1) is 5.82 Å². The first kappa shape index (κ1) is 10.9. The summed E-state index contributed by atoms with van der Waals surface area (Å²) in [6, 6.07) is 4.65. The summed E-state index contributed by atoms with van der Waals surface area (Å²) in [5.74, 6) is -0.225. The average Bonchev–Trinajstić information content (AvgIpc) is 2.18. The van der Waals surface area contributed by atoms with Crippen molar-refractivity contribution in [1.29, 1.82) is 0 Å². The van der Waals surface area contributed by atoms with Crippen LogP contribution in [-0.4, -0.2) is 0 Å². The monoisotopic (exact) mass is 193 g/mol. The Labute approximate surface area is 84.4 Å². The van der Waals surface area contributed by atoms with Gasteiger partial charge in [0.1, 0.15) is 5.82 Å². The van der Waals surface area contributed by atoms with E-state index in [4.69, 9.17) is 5.73 Å². The van der Waals surface area contributed by atoms with Crippen molar-refractivity contribution in [3.63, 3.8) is 0 Å². The lowest BCUT2D eigenvalue weighted by atomic mass is 9.97. The smallest absolute Gasteiger partial charge is 0.123 e. The highest BCUT2D eigenvalue weighted by Crippen LogP contribution is 2.20. The first-order valence-electron chi connectivity index (χ1n) is 4.83. The molecule has 0 heterocycles. The van der Waals surface area contributed by atoms with E-state index < -0.39 is 0 Å². The van der Waals surface area contributed by atoms with E-state index in [0.29, 0.717) is 6.42 Å². The fourth-order valence-electron chi connectivity index (χ4n) is 1.54. The SMILES string of the molecule is C=CC[C@H](N)c1cc(F)ccc1CC. The largest absolute Gasteiger partial charge is 0.324 e. The zero-order chi connectivity index (χ0) is 10.6. The fourth-order valence-corrected chi connectivity index (χ4v) is 1.54. The number of hydrogen-bond donors (Lipinski definition) is 1. The maximum absolute atomic E-state index is 13.0. The molecule has 2 heteroatoms. The Hall–Kier alpha value is -1.15. The minimum Gasteiger partial charge on any atom is -0.324 e. The van der Waals surface area contributed by atoms with Crippen LogP contribution in [0.4, 0.5) is 4.39 Å². The maximum atomic E-state index is 13.0. The van der Waals surface area contributed by atoms with Crippen LogP contribution in [0.5, 0.6) is 0 Å². The van der Waals surface area contributed by atoms with Crippen LogP contribution in [0.3, 0.4) is 0 Å². The van der Waals surface area contributed by atoms with Crippen LogP contribution >= 0.6 is 0 Å². The lowest BCUT2D eigenvalue weighted by Gasteiger charge is -2.14. The Morgan fingerprint density at radius 3 is 2.86 bits per heavy atom. The van der Waals surface area contributed by atoms with E-state index in [1.807, 2.05) is 6.92 Å². The summed E-state index contributed by atoms with van der Waals surface area (Å²) in [5, 5.41) is 0. The molecule has 1 nitrogen and oxygen atoms in total. The summed E-state index contributed by atoms with van der Waals surface area (Å²) in [5.41, 5.74) is 7.92. The van der Waals surface area contributed by atoms with E-state index >= 15 is 0 Å². The van der Waals surface area contributed by atoms with E-state index in [0.717, 1.165) is 17.5 Å². The zero-order valence-corrected chi connectivity index (χ0v) is 8.46. The summed E-state index contributed by atoms with van der Waals surface area (Å²) in [6.07, 6.45) is 3.31. The number of benzene rings is 1. The molecule has 0 radical (unpaired) electrons. The molecule has 0 saturated carbocycles. The topological polar surface area (TPSA) is 26.0 Å². The minimum absolute atomic E-state index is 0.141. The van der Waals surface area contributed by atoms with Crippen molar-refractivity contribution in [3.05, 3.63) is 47.8 Å². The summed E-state index contributed by atoms with van der Waals surface area (Å²) in [6.45, 7) is 5.67. The molecule has 1 aromatic rings. The van der Waals surface area contributed by atoms with E-state index in [1.165, 1.54) is 12.1 Å². The third-order valence-corrected chi connectivity index (χ3v) is 2.31. The lowest BCUT2D eigenvalue weighted by Crippen LogP contribution is -2.11. The van der Waals surface area contributed by atoms with E-state index in [1.54, 1.807) is 12.1 Å². The van der Waals surface area contributed by atoms with Gasteiger partial charge >= 0.3 is 0 Å². The second-order valence-corrected chi connectivity index (χ2v) is 3.33. The summed E-state index contributed by atoms with van der Waals surface area (Å²) < 4.78 is 13.0. The van der Waals surface area contributed by atoms with E-state index in [2.05, 4.69) is 6.58 Å². The predicted octanol–water partition coefficient (Wildman–Crippen LogP) is 2.96. The van der Waals surface area contributed by atoms with Gasteiger partial charge in [-0.05, 0) is 36.1 Å². The van der Waals surface area contributed by atoms with Crippen molar-refractivity contribution in [1.82, 2.24) is 0 Å². The summed E-state index contributed by atoms with van der Waals surface area (Å²) in [7, 11) is 0. The number of nitrogens with two attached hydrogens (primary N) is 1. The Morgan fingerprint density at radius 1 is 1.57 bits per heavy atom. The maximum Gasteiger partial charge on any atom is 0.123 e. The molecular formula is C12H16FN. The Morgan fingerprint density at radius 2 is 2.29 bits per heavy atom. The van der Waals surface area contributed by atoms with Gasteiger partial charge in [0.05, 0.1) is 0 Å². The van der Waals surface area contributed by atoms with Gasteiger partial charge in [-0.1, -0.05) is 19.1 Å². The fraction of sp³-hybridized carbons (Fsp3) is 0.333. The second-order valence-electron chi connectivity index (χ2n) is 3.33. The molecule has 0 aliphatic rings. The van der Waals surface area contributed by atoms with Gasteiger partial charge in [-0.2, -0.15) is 0 Å². The Kier molecular flexibility index (Phi) is 3.84. The van der Waals surface area contributed by atoms with Gasteiger partial charge in [-0.3, -0.25) is 0 Å². The van der Waals surface area contributed by atoms with Crippen LogP contribution in [0.25, 0.3) is 0 Å². The van der Waals surface area contributed by atoms with Crippen LogP contribution in [0.2, 0.25) is 0 Å². The van der Waals surface area contributed by atoms with Crippen molar-refractivity contribution in [2.24, 2.45) is 5.73 Å². The van der Waals surface area contributed by atoms with Crippen molar-refractivity contribution in [2.75, 3.05) is 0 Å². The highest BCUT2D eigenvalue weighted by Gasteiger charge is 2.09. The highest BCUT2D eigenvalue weighted by atomic mass is 19.1. The molecule has 0 unspecified atom stereocenters. The molecule has 0 spiro atoms. The number of hydrogen-bond acceptors (Lipinski definition) is 1. The Bertz CT molecular complexity index is 320. The molecular weight excluding hydrogens is 177 g/mol. The van der Waals surface area contributed by atoms with Crippen molar-refractivity contribution in [3.8, 4) is 0 Å². The van der Waals surface area contributed by atoms with E-state index in [-0.39, 0.29) is 11.9 Å². The number of rotatable bonds is 4. The standard InChI is InChI=1S/C12H16FN/c1-3-5-12(14)11-8-10(13)7-6-9(11)4-2/h3,6-8,12H,1,4-5,14H2,2H3/t12-/m0/s1. The molecule has 1 rings (SSSR count). The molecule has 0 aliphatic heterocycles. The molecule has 2 N–H and O–H groups in total. The van der Waals surface area contributed by atoms with Gasteiger partial charge in [-0.25, -0.2) is 4.39 Å². The lowest BCUT2D eigenvalue weighted by molar-refractivity contribution is 0.617. The van der Waals surface area contributed by atoms with Gasteiger partial charge in [0.2, 0.25) is 0 Å². The zero-order valence-electron chi connectivity index (χ0n) is 8.46. The van der Waals surface area contributed by atoms with Gasteiger partial charge in [-0.15, -0.1) is 6.58 Å². The van der Waals surface area contributed by atoms with E-state index in [9.17, 15) is 4.39 Å². The minimum atomic E-state index is -0.225.